The van der Waals surface area contributed by atoms with Crippen LogP contribution in [0, 0.1) is 0 Å². The number of hydrogen-bond acceptors (Lipinski definition) is 3. The van der Waals surface area contributed by atoms with Crippen LogP contribution in [-0.2, 0) is 10.8 Å². The third-order valence-electron chi connectivity index (χ3n) is 2.75. The van der Waals surface area contributed by atoms with E-state index >= 15 is 0 Å². The van der Waals surface area contributed by atoms with Gasteiger partial charge in [0.15, 0.2) is 0 Å². The zero-order valence-electron chi connectivity index (χ0n) is 11.1. The fourth-order valence-electron chi connectivity index (χ4n) is 1.60. The molecular formula is C13H22N2OS. The second kappa shape index (κ2) is 6.77. The first-order valence-electron chi connectivity index (χ1n) is 5.81. The highest BCUT2D eigenvalue weighted by Gasteiger charge is 2.05. The van der Waals surface area contributed by atoms with Gasteiger partial charge in [0.2, 0.25) is 0 Å². The molecule has 0 saturated carbocycles. The number of benzene rings is 1. The van der Waals surface area contributed by atoms with Crippen molar-refractivity contribution in [2.24, 2.45) is 0 Å². The molecule has 0 aliphatic rings. The Labute approximate surface area is 107 Å². The summed E-state index contributed by atoms with van der Waals surface area (Å²) in [4.78, 5) is 2.09. The smallest absolute Gasteiger partial charge is 0.0361 e. The summed E-state index contributed by atoms with van der Waals surface area (Å²) < 4.78 is 10.9. The van der Waals surface area contributed by atoms with Crippen molar-refractivity contribution in [2.45, 2.75) is 13.0 Å². The van der Waals surface area contributed by atoms with E-state index in [1.165, 1.54) is 11.3 Å². The minimum Gasteiger partial charge on any atom is -0.378 e. The van der Waals surface area contributed by atoms with Crippen molar-refractivity contribution in [3.63, 3.8) is 0 Å². The lowest BCUT2D eigenvalue weighted by molar-refractivity contribution is 0.597. The van der Waals surface area contributed by atoms with Gasteiger partial charge in [-0.25, -0.2) is 0 Å². The van der Waals surface area contributed by atoms with Gasteiger partial charge in [0.1, 0.15) is 0 Å². The molecule has 2 atom stereocenters. The number of nitrogens with one attached hydrogen (secondary N) is 1. The predicted octanol–water partition coefficient (Wildman–Crippen LogP) is 1.78. The summed E-state index contributed by atoms with van der Waals surface area (Å²) in [6.07, 6.45) is 1.73. The summed E-state index contributed by atoms with van der Waals surface area (Å²) in [6, 6.07) is 8.80. The summed E-state index contributed by atoms with van der Waals surface area (Å²) in [7, 11) is 3.35. The van der Waals surface area contributed by atoms with Crippen molar-refractivity contribution >= 4 is 16.5 Å². The Bertz CT molecular complexity index is 362. The molecule has 0 radical (unpaired) electrons. The minimum atomic E-state index is -0.717. The predicted molar refractivity (Wildman–Crippen MR) is 76.1 cm³/mol. The van der Waals surface area contributed by atoms with Gasteiger partial charge >= 0.3 is 0 Å². The second-order valence-electron chi connectivity index (χ2n) is 4.44. The fourth-order valence-corrected chi connectivity index (χ4v) is 2.00. The Morgan fingerprint density at radius 2 is 1.88 bits per heavy atom. The van der Waals surface area contributed by atoms with Crippen molar-refractivity contribution in [3.8, 4) is 0 Å². The number of nitrogens with zero attached hydrogens (tertiary/aromatic N) is 1. The SMILES string of the molecule is CC(NCCS(C)=O)c1ccc(N(C)C)cc1. The lowest BCUT2D eigenvalue weighted by atomic mass is 10.1. The van der Waals surface area contributed by atoms with Gasteiger partial charge in [-0.2, -0.15) is 0 Å². The van der Waals surface area contributed by atoms with Crippen LogP contribution in [0.4, 0.5) is 5.69 Å². The summed E-state index contributed by atoms with van der Waals surface area (Å²) in [6.45, 7) is 2.92. The Kier molecular flexibility index (Phi) is 5.65. The Morgan fingerprint density at radius 3 is 2.35 bits per heavy atom. The molecular weight excluding hydrogens is 232 g/mol. The average molecular weight is 254 g/mol. The maximum atomic E-state index is 10.9. The van der Waals surface area contributed by atoms with Crippen LogP contribution in [0.25, 0.3) is 0 Å². The Morgan fingerprint density at radius 1 is 1.29 bits per heavy atom. The van der Waals surface area contributed by atoms with E-state index in [9.17, 15) is 4.21 Å². The first kappa shape index (κ1) is 14.2. The fraction of sp³-hybridized carbons (Fsp3) is 0.538. The molecule has 1 rings (SSSR count). The van der Waals surface area contributed by atoms with Crippen LogP contribution >= 0.6 is 0 Å². The quantitative estimate of drug-likeness (QED) is 0.840. The van der Waals surface area contributed by atoms with E-state index in [0.29, 0.717) is 11.8 Å². The van der Waals surface area contributed by atoms with E-state index in [0.717, 1.165) is 6.54 Å². The van der Waals surface area contributed by atoms with Crippen molar-refractivity contribution in [3.05, 3.63) is 29.8 Å². The van der Waals surface area contributed by atoms with Crippen molar-refractivity contribution < 1.29 is 4.21 Å². The van der Waals surface area contributed by atoms with E-state index in [2.05, 4.69) is 41.4 Å². The van der Waals surface area contributed by atoms with Gasteiger partial charge < -0.3 is 10.2 Å². The lowest BCUT2D eigenvalue weighted by Gasteiger charge is -2.16. The van der Waals surface area contributed by atoms with E-state index < -0.39 is 10.8 Å². The zero-order chi connectivity index (χ0) is 12.8. The molecule has 17 heavy (non-hydrogen) atoms. The molecule has 0 aliphatic heterocycles. The van der Waals surface area contributed by atoms with Crippen LogP contribution in [-0.4, -0.2) is 36.9 Å². The molecule has 0 saturated heterocycles. The molecule has 1 aromatic carbocycles. The second-order valence-corrected chi connectivity index (χ2v) is 5.99. The van der Waals surface area contributed by atoms with Gasteiger partial charge in [0.25, 0.3) is 0 Å². The highest BCUT2D eigenvalue weighted by atomic mass is 32.2. The van der Waals surface area contributed by atoms with Crippen LogP contribution in [0.15, 0.2) is 24.3 Å². The summed E-state index contributed by atoms with van der Waals surface area (Å²) in [5, 5.41) is 3.37. The van der Waals surface area contributed by atoms with Gasteiger partial charge in [-0.3, -0.25) is 4.21 Å². The van der Waals surface area contributed by atoms with E-state index in [-0.39, 0.29) is 0 Å². The molecule has 0 aliphatic carbocycles. The van der Waals surface area contributed by atoms with Gasteiger partial charge in [-0.15, -0.1) is 0 Å². The number of hydrogen-bond donors (Lipinski definition) is 1. The minimum absolute atomic E-state index is 0.301. The van der Waals surface area contributed by atoms with Crippen LogP contribution in [0.1, 0.15) is 18.5 Å². The molecule has 96 valence electrons. The number of anilines is 1. The molecule has 0 aromatic heterocycles. The monoisotopic (exact) mass is 254 g/mol. The molecule has 2 unspecified atom stereocenters. The molecule has 0 bridgehead atoms. The third kappa shape index (κ3) is 4.88. The molecule has 4 heteroatoms. The maximum Gasteiger partial charge on any atom is 0.0361 e. The lowest BCUT2D eigenvalue weighted by Crippen LogP contribution is -2.23. The average Bonchev–Trinajstić information content (AvgIpc) is 2.28. The van der Waals surface area contributed by atoms with Crippen LogP contribution < -0.4 is 10.2 Å². The van der Waals surface area contributed by atoms with Crippen LogP contribution in [0.2, 0.25) is 0 Å². The molecule has 3 nitrogen and oxygen atoms in total. The standard InChI is InChI=1S/C13H22N2OS/c1-11(14-9-10-17(4)16)12-5-7-13(8-6-12)15(2)3/h5-8,11,14H,9-10H2,1-4H3. The molecule has 1 aromatic rings. The summed E-state index contributed by atoms with van der Waals surface area (Å²) in [5.74, 6) is 0.708. The van der Waals surface area contributed by atoms with Crippen LogP contribution in [0.3, 0.4) is 0 Å². The van der Waals surface area contributed by atoms with Gasteiger partial charge in [-0.05, 0) is 24.6 Å². The first-order valence-corrected chi connectivity index (χ1v) is 7.54. The molecule has 1 N–H and O–H groups in total. The topological polar surface area (TPSA) is 32.3 Å². The highest BCUT2D eigenvalue weighted by molar-refractivity contribution is 7.84. The summed E-state index contributed by atoms with van der Waals surface area (Å²) in [5.41, 5.74) is 2.47. The number of rotatable bonds is 6. The largest absolute Gasteiger partial charge is 0.378 e. The maximum absolute atomic E-state index is 10.9. The molecule has 0 spiro atoms. The van der Waals surface area contributed by atoms with Crippen molar-refractivity contribution in [1.82, 2.24) is 5.32 Å². The summed E-state index contributed by atoms with van der Waals surface area (Å²) >= 11 is 0. The Hall–Kier alpha value is -0.870. The normalized spacial score (nSPS) is 14.4. The van der Waals surface area contributed by atoms with Gasteiger partial charge in [-0.1, -0.05) is 12.1 Å². The van der Waals surface area contributed by atoms with Crippen molar-refractivity contribution in [1.29, 1.82) is 0 Å². The van der Waals surface area contributed by atoms with Crippen LogP contribution in [0.5, 0.6) is 0 Å². The molecule has 0 amide bonds. The zero-order valence-corrected chi connectivity index (χ0v) is 11.9. The molecule has 0 fully saturated rings. The van der Waals surface area contributed by atoms with Gasteiger partial charge in [0.05, 0.1) is 0 Å². The molecule has 0 heterocycles. The van der Waals surface area contributed by atoms with Gasteiger partial charge in [0, 0.05) is 55.2 Å². The van der Waals surface area contributed by atoms with E-state index in [1.54, 1.807) is 6.26 Å². The first-order chi connectivity index (χ1) is 8.00. The van der Waals surface area contributed by atoms with E-state index in [4.69, 9.17) is 0 Å². The third-order valence-corrected chi connectivity index (χ3v) is 3.53. The van der Waals surface area contributed by atoms with E-state index in [1.807, 2.05) is 14.1 Å². The highest BCUT2D eigenvalue weighted by Crippen LogP contribution is 2.17. The Balaban J connectivity index is 2.51. The van der Waals surface area contributed by atoms with Crippen molar-refractivity contribution in [2.75, 3.05) is 37.5 Å².